The van der Waals surface area contributed by atoms with E-state index < -0.39 is 29.6 Å². The van der Waals surface area contributed by atoms with Gasteiger partial charge in [0.1, 0.15) is 11.6 Å². The van der Waals surface area contributed by atoms with Crippen molar-refractivity contribution in [1.29, 1.82) is 0 Å². The van der Waals surface area contributed by atoms with E-state index in [1.165, 1.54) is 0 Å². The lowest BCUT2D eigenvalue weighted by Gasteiger charge is -2.37. The van der Waals surface area contributed by atoms with Crippen LogP contribution in [0.2, 0.25) is 0 Å². The van der Waals surface area contributed by atoms with Crippen LogP contribution < -0.4 is 4.90 Å². The van der Waals surface area contributed by atoms with Crippen molar-refractivity contribution >= 4 is 23.4 Å². The summed E-state index contributed by atoms with van der Waals surface area (Å²) in [4.78, 5) is 50.3. The maximum Gasteiger partial charge on any atom is 0.248 e. The summed E-state index contributed by atoms with van der Waals surface area (Å²) >= 11 is 0. The molecule has 1 N–H and O–H groups in total. The molecule has 4 saturated heterocycles. The highest BCUT2D eigenvalue weighted by Gasteiger charge is 2.74. The fraction of sp³-hybridized carbons (Fsp3) is 0.594. The number of hydrogen-bond donors (Lipinski definition) is 1. The Hall–Kier alpha value is -3.05. The normalized spacial score (nSPS) is 28.5. The maximum atomic E-state index is 14.5. The van der Waals surface area contributed by atoms with Crippen LogP contribution in [-0.2, 0) is 23.9 Å². The van der Waals surface area contributed by atoms with E-state index in [1.54, 1.807) is 26.9 Å². The van der Waals surface area contributed by atoms with Crippen molar-refractivity contribution < 1.29 is 29.0 Å². The van der Waals surface area contributed by atoms with Gasteiger partial charge in [0.25, 0.3) is 0 Å². The van der Waals surface area contributed by atoms with Crippen molar-refractivity contribution in [3.05, 3.63) is 55.6 Å². The molecule has 3 amide bonds. The summed E-state index contributed by atoms with van der Waals surface area (Å²) in [7, 11) is 0. The SMILES string of the molecule is C=CCN(CCN1CCOCC1)C(=O)C1N(CCCCO)C(=O)[C@@H]2[C@@H](C(=O)N(CC=C)c3ccccc3)[C@H]3CCC12O3. The summed E-state index contributed by atoms with van der Waals surface area (Å²) in [6.07, 6.45) is 5.19. The molecule has 42 heavy (non-hydrogen) atoms. The van der Waals surface area contributed by atoms with Crippen molar-refractivity contribution in [1.82, 2.24) is 14.7 Å². The molecule has 4 aliphatic rings. The van der Waals surface area contributed by atoms with Crippen LogP contribution in [0.3, 0.4) is 0 Å². The van der Waals surface area contributed by atoms with Gasteiger partial charge in [-0.1, -0.05) is 30.4 Å². The second-order valence-corrected chi connectivity index (χ2v) is 11.6. The van der Waals surface area contributed by atoms with Crippen LogP contribution in [0.5, 0.6) is 0 Å². The predicted octanol–water partition coefficient (Wildman–Crippen LogP) is 1.70. The molecule has 2 bridgehead atoms. The number of nitrogens with zero attached hydrogens (tertiary/aromatic N) is 4. The number of rotatable bonds is 14. The Labute approximate surface area is 248 Å². The highest BCUT2D eigenvalue weighted by Crippen LogP contribution is 2.59. The summed E-state index contributed by atoms with van der Waals surface area (Å²) in [5, 5.41) is 9.45. The second kappa shape index (κ2) is 13.5. The summed E-state index contributed by atoms with van der Waals surface area (Å²) in [5.41, 5.74) is -0.329. The lowest BCUT2D eigenvalue weighted by molar-refractivity contribution is -0.148. The molecule has 228 valence electrons. The van der Waals surface area contributed by atoms with Crippen molar-refractivity contribution in [2.24, 2.45) is 11.8 Å². The number of unbranched alkanes of at least 4 members (excludes halogenated alkanes) is 1. The van der Waals surface area contributed by atoms with Crippen LogP contribution in [0.1, 0.15) is 25.7 Å². The number of hydrogen-bond acceptors (Lipinski definition) is 7. The molecule has 4 aliphatic heterocycles. The number of likely N-dealkylation sites (tertiary alicyclic amines) is 1. The topological polar surface area (TPSA) is 103 Å². The van der Waals surface area contributed by atoms with Crippen molar-refractivity contribution in [3.8, 4) is 0 Å². The van der Waals surface area contributed by atoms with E-state index in [4.69, 9.17) is 9.47 Å². The number of anilines is 1. The van der Waals surface area contributed by atoms with Crippen molar-refractivity contribution in [2.45, 2.75) is 43.4 Å². The zero-order chi connectivity index (χ0) is 29.7. The van der Waals surface area contributed by atoms with Gasteiger partial charge < -0.3 is 29.3 Å². The number of carbonyl (C=O) groups is 3. The highest BCUT2D eigenvalue weighted by molar-refractivity contribution is 6.03. The van der Waals surface area contributed by atoms with Gasteiger partial charge in [0.15, 0.2) is 0 Å². The van der Waals surface area contributed by atoms with E-state index in [0.717, 1.165) is 18.8 Å². The van der Waals surface area contributed by atoms with Crippen LogP contribution in [0.4, 0.5) is 5.69 Å². The second-order valence-electron chi connectivity index (χ2n) is 11.6. The van der Waals surface area contributed by atoms with E-state index in [2.05, 4.69) is 18.1 Å². The number of morpholine rings is 1. The zero-order valence-corrected chi connectivity index (χ0v) is 24.4. The lowest BCUT2D eigenvalue weighted by Crippen LogP contribution is -2.57. The third-order valence-electron chi connectivity index (χ3n) is 9.22. The van der Waals surface area contributed by atoms with Gasteiger partial charge in [-0.05, 0) is 37.8 Å². The van der Waals surface area contributed by atoms with E-state index >= 15 is 0 Å². The monoisotopic (exact) mass is 580 g/mol. The molecule has 1 aromatic rings. The molecule has 10 heteroatoms. The van der Waals surface area contributed by atoms with Gasteiger partial charge in [-0.2, -0.15) is 0 Å². The highest BCUT2D eigenvalue weighted by atomic mass is 16.5. The Morgan fingerprint density at radius 1 is 1.05 bits per heavy atom. The zero-order valence-electron chi connectivity index (χ0n) is 24.4. The minimum absolute atomic E-state index is 0.00459. The van der Waals surface area contributed by atoms with Crippen molar-refractivity contribution in [2.75, 3.05) is 70.5 Å². The molecule has 1 aromatic carbocycles. The first-order chi connectivity index (χ1) is 20.5. The van der Waals surface area contributed by atoms with Crippen LogP contribution in [0, 0.1) is 11.8 Å². The van der Waals surface area contributed by atoms with Crippen molar-refractivity contribution in [3.63, 3.8) is 0 Å². The first kappa shape index (κ1) is 30.4. The third-order valence-corrected chi connectivity index (χ3v) is 9.22. The molecular weight excluding hydrogens is 536 g/mol. The molecule has 1 spiro atoms. The van der Waals surface area contributed by atoms with Gasteiger partial charge in [-0.15, -0.1) is 13.2 Å². The van der Waals surface area contributed by atoms with Gasteiger partial charge in [-0.3, -0.25) is 19.3 Å². The molecule has 0 radical (unpaired) electrons. The lowest BCUT2D eigenvalue weighted by atomic mass is 9.70. The number of benzene rings is 1. The molecule has 0 aliphatic carbocycles. The van der Waals surface area contributed by atoms with Gasteiger partial charge >= 0.3 is 0 Å². The molecule has 4 fully saturated rings. The van der Waals surface area contributed by atoms with Crippen LogP contribution in [0.25, 0.3) is 0 Å². The Balaban J connectivity index is 1.45. The number of ether oxygens (including phenoxy) is 2. The quantitative estimate of drug-likeness (QED) is 0.264. The summed E-state index contributed by atoms with van der Waals surface area (Å²) < 4.78 is 12.1. The molecule has 4 heterocycles. The fourth-order valence-electron chi connectivity index (χ4n) is 7.30. The molecule has 5 atom stereocenters. The average molecular weight is 581 g/mol. The van der Waals surface area contributed by atoms with Crippen LogP contribution in [-0.4, -0.2) is 121 Å². The number of amides is 3. The predicted molar refractivity (Wildman–Crippen MR) is 159 cm³/mol. The van der Waals surface area contributed by atoms with Gasteiger partial charge in [0.2, 0.25) is 17.7 Å². The first-order valence-electron chi connectivity index (χ1n) is 15.2. The van der Waals surface area contributed by atoms with E-state index in [-0.39, 0.29) is 24.3 Å². The Bertz CT molecular complexity index is 1140. The number of carbonyl (C=O) groups excluding carboxylic acids is 3. The smallest absolute Gasteiger partial charge is 0.248 e. The van der Waals surface area contributed by atoms with E-state index in [0.29, 0.717) is 71.6 Å². The maximum absolute atomic E-state index is 14.5. The molecule has 0 saturated carbocycles. The molecule has 0 aromatic heterocycles. The Morgan fingerprint density at radius 3 is 2.48 bits per heavy atom. The number of para-hydroxylation sites is 1. The number of aliphatic hydroxyl groups excluding tert-OH is 1. The molecular formula is C32H44N4O6. The largest absolute Gasteiger partial charge is 0.396 e. The van der Waals surface area contributed by atoms with E-state index in [1.807, 2.05) is 30.3 Å². The van der Waals surface area contributed by atoms with Crippen LogP contribution in [0.15, 0.2) is 55.6 Å². The number of fused-ring (bicyclic) bond motifs is 1. The summed E-state index contributed by atoms with van der Waals surface area (Å²) in [6.45, 7) is 12.9. The Morgan fingerprint density at radius 2 is 1.79 bits per heavy atom. The minimum atomic E-state index is -1.06. The van der Waals surface area contributed by atoms with Gasteiger partial charge in [0.05, 0.1) is 31.2 Å². The van der Waals surface area contributed by atoms with E-state index in [9.17, 15) is 19.5 Å². The van der Waals surface area contributed by atoms with Gasteiger partial charge in [-0.25, -0.2) is 0 Å². The fourth-order valence-corrected chi connectivity index (χ4v) is 7.30. The molecule has 2 unspecified atom stereocenters. The minimum Gasteiger partial charge on any atom is -0.396 e. The molecule has 5 rings (SSSR count). The van der Waals surface area contributed by atoms with Gasteiger partial charge in [0, 0.05) is 58.1 Å². The standard InChI is InChI=1S/C32H44N4O6/c1-3-14-34(18-17-33-19-22-41-23-20-33)31(40)28-32-13-12-25(42-32)26(27(32)30(39)36(28)16-8-9-21-37)29(38)35(15-4-2)24-10-6-5-7-11-24/h3-7,10-11,25-28,37H,1-2,8-9,12-23H2/t25-,26+,27+,28?,32?/m1/s1. The van der Waals surface area contributed by atoms with Crippen LogP contribution >= 0.6 is 0 Å². The number of aliphatic hydroxyl groups is 1. The first-order valence-corrected chi connectivity index (χ1v) is 15.2. The Kier molecular flexibility index (Phi) is 9.77. The third kappa shape index (κ3) is 5.65. The average Bonchev–Trinajstić information content (AvgIpc) is 3.66. The summed E-state index contributed by atoms with van der Waals surface area (Å²) in [5.74, 6) is -1.98. The molecule has 10 nitrogen and oxygen atoms in total. The summed E-state index contributed by atoms with van der Waals surface area (Å²) in [6, 6.07) is 8.56.